The van der Waals surface area contributed by atoms with Gasteiger partial charge in [0.25, 0.3) is 17.3 Å². The number of carbonyl (C=O) groups excluding carboxylic acids is 3. The molecule has 0 heterocycles. The van der Waals surface area contributed by atoms with Crippen molar-refractivity contribution in [1.82, 2.24) is 0 Å². The number of alkyl halides is 9. The molecule has 0 spiro atoms. The Morgan fingerprint density at radius 3 is 0.578 bits per heavy atom. The standard InChI is InChI=1S/C24F18O3/c25-10-1-2(11(26)7(10)16(31)19(43)22(34,35)36)4-6(15(30)9(14(4)29)18(33)21(45)24(40,41)42)5-3(1)12(27)8(13(5)28)17(32)20(44)23(37,38)39. The van der Waals surface area contributed by atoms with Crippen LogP contribution in [0, 0.1) is 0 Å². The lowest BCUT2D eigenvalue weighted by molar-refractivity contribution is -0.168. The first-order valence-corrected chi connectivity index (χ1v) is 10.8. The molecule has 1 aromatic carbocycles. The van der Waals surface area contributed by atoms with E-state index in [-0.39, 0.29) is 0 Å². The maximum Gasteiger partial charge on any atom is 0.457 e. The van der Waals surface area contributed by atoms with Gasteiger partial charge >= 0.3 is 18.5 Å². The molecule has 4 rings (SSSR count). The van der Waals surface area contributed by atoms with E-state index in [1.165, 1.54) is 0 Å². The molecule has 1 aromatic rings. The minimum absolute atomic E-state index is 2.30. The molecule has 0 radical (unpaired) electrons. The quantitative estimate of drug-likeness (QED) is 0.365. The highest BCUT2D eigenvalue weighted by Gasteiger charge is 2.48. The summed E-state index contributed by atoms with van der Waals surface area (Å²) in [6, 6.07) is 0. The highest BCUT2D eigenvalue weighted by atomic mass is 19.4. The number of hydrogen-bond donors (Lipinski definition) is 0. The molecular formula is C24F18O3. The first kappa shape index (κ1) is 33.3. The number of carbonyl (C=O) groups is 3. The average Bonchev–Trinajstić information content (AvgIpc) is 3.43. The zero-order valence-electron chi connectivity index (χ0n) is 20.0. The van der Waals surface area contributed by atoms with Crippen molar-refractivity contribution < 1.29 is 93.4 Å². The lowest BCUT2D eigenvalue weighted by Crippen LogP contribution is -2.64. The lowest BCUT2D eigenvalue weighted by Gasteiger charge is -2.05. The Labute approximate surface area is 230 Å². The molecule has 3 aliphatic rings. The van der Waals surface area contributed by atoms with Gasteiger partial charge in [0.05, 0.1) is 16.7 Å². The van der Waals surface area contributed by atoms with Crippen LogP contribution < -0.4 is 31.3 Å². The molecule has 0 bridgehead atoms. The van der Waals surface area contributed by atoms with Crippen LogP contribution in [0.1, 0.15) is 0 Å². The third-order valence-corrected chi connectivity index (χ3v) is 6.16. The van der Waals surface area contributed by atoms with Gasteiger partial charge < -0.3 is 0 Å². The minimum Gasteiger partial charge on any atom is -0.281 e. The van der Waals surface area contributed by atoms with Gasteiger partial charge in [0, 0.05) is 31.3 Å². The number of rotatable bonds is 3. The zero-order chi connectivity index (χ0) is 34.6. The summed E-state index contributed by atoms with van der Waals surface area (Å²) < 4.78 is 250. The van der Waals surface area contributed by atoms with Crippen molar-refractivity contribution in [2.24, 2.45) is 0 Å². The number of allylic oxidation sites excluding steroid dienone is 6. The highest BCUT2D eigenvalue weighted by molar-refractivity contribution is 6.07. The Morgan fingerprint density at radius 1 is 0.333 bits per heavy atom. The molecule has 0 fully saturated rings. The smallest absolute Gasteiger partial charge is 0.281 e. The largest absolute Gasteiger partial charge is 0.457 e. The van der Waals surface area contributed by atoms with Crippen molar-refractivity contribution in [1.29, 1.82) is 0 Å². The van der Waals surface area contributed by atoms with Crippen LogP contribution in [0.25, 0.3) is 35.0 Å². The van der Waals surface area contributed by atoms with E-state index in [2.05, 4.69) is 0 Å². The van der Waals surface area contributed by atoms with E-state index in [1.54, 1.807) is 0 Å². The SMILES string of the molecule is O=C(C(F)=C1C(F)=c2c3c(c4c(c2=C1F)=C(F)C(=C(F)C(=O)C(F)(F)F)C=4F)=C(F)C(=C(F)C(=O)C(F)(F)F)C=3F)C(F)(F)F. The molecule has 0 unspecified atom stereocenters. The molecule has 0 saturated carbocycles. The van der Waals surface area contributed by atoms with Crippen LogP contribution in [0.4, 0.5) is 79.0 Å². The maximum absolute atomic E-state index is 15.3. The van der Waals surface area contributed by atoms with Gasteiger partial charge in [0.1, 0.15) is 35.0 Å². The fourth-order valence-corrected chi connectivity index (χ4v) is 4.40. The Morgan fingerprint density at radius 2 is 0.467 bits per heavy atom. The Bertz CT molecular complexity index is 1800. The molecule has 0 aliphatic heterocycles. The molecule has 3 nitrogen and oxygen atoms in total. The van der Waals surface area contributed by atoms with E-state index in [0.717, 1.165) is 0 Å². The van der Waals surface area contributed by atoms with Crippen LogP contribution in [-0.4, -0.2) is 35.9 Å². The van der Waals surface area contributed by atoms with Crippen molar-refractivity contribution in [3.05, 3.63) is 65.5 Å². The number of benzene rings is 1. The number of ketones is 3. The van der Waals surface area contributed by atoms with Crippen molar-refractivity contribution >= 4 is 52.3 Å². The fraction of sp³-hybridized carbons (Fsp3) is 0.125. The summed E-state index contributed by atoms with van der Waals surface area (Å²) in [7, 11) is 0. The summed E-state index contributed by atoms with van der Waals surface area (Å²) in [5.74, 6) is -39.3. The third kappa shape index (κ3) is 4.61. The lowest BCUT2D eigenvalue weighted by atomic mass is 10.1. The zero-order valence-corrected chi connectivity index (χ0v) is 20.0. The predicted molar refractivity (Wildman–Crippen MR) is 109 cm³/mol. The normalized spacial score (nSPS) is 16.5. The van der Waals surface area contributed by atoms with Crippen molar-refractivity contribution in [3.8, 4) is 0 Å². The molecule has 0 amide bonds. The Balaban J connectivity index is 2.49. The molecule has 0 aromatic heterocycles. The molecule has 3 aliphatic carbocycles. The second-order valence-corrected chi connectivity index (χ2v) is 8.68. The van der Waals surface area contributed by atoms with Gasteiger partial charge in [-0.2, -0.15) is 39.5 Å². The van der Waals surface area contributed by atoms with E-state index < -0.39 is 136 Å². The third-order valence-electron chi connectivity index (χ3n) is 6.16. The van der Waals surface area contributed by atoms with Crippen LogP contribution in [0.2, 0.25) is 0 Å². The van der Waals surface area contributed by atoms with Gasteiger partial charge in [-0.05, 0) is 0 Å². The van der Waals surface area contributed by atoms with Crippen molar-refractivity contribution in [2.75, 3.05) is 0 Å². The summed E-state index contributed by atoms with van der Waals surface area (Å²) >= 11 is 0. The molecule has 0 atom stereocenters. The molecule has 240 valence electrons. The molecule has 45 heavy (non-hydrogen) atoms. The summed E-state index contributed by atoms with van der Waals surface area (Å²) in [5.41, 5.74) is -8.46. The van der Waals surface area contributed by atoms with Gasteiger partial charge in [-0.25, -0.2) is 39.5 Å². The van der Waals surface area contributed by atoms with E-state index in [1.807, 2.05) is 0 Å². The van der Waals surface area contributed by atoms with Crippen LogP contribution in [-0.2, 0) is 14.4 Å². The van der Waals surface area contributed by atoms with Crippen LogP contribution in [0.3, 0.4) is 0 Å². The summed E-state index contributed by atoms with van der Waals surface area (Å²) in [5, 5.41) is -13.8. The summed E-state index contributed by atoms with van der Waals surface area (Å²) in [6.45, 7) is 0. The van der Waals surface area contributed by atoms with Gasteiger partial charge in [-0.15, -0.1) is 0 Å². The molecule has 0 saturated heterocycles. The van der Waals surface area contributed by atoms with Gasteiger partial charge in [-0.1, -0.05) is 0 Å². The van der Waals surface area contributed by atoms with Crippen LogP contribution in [0.5, 0.6) is 0 Å². The average molecular weight is 678 g/mol. The fourth-order valence-electron chi connectivity index (χ4n) is 4.40. The molecule has 21 heteroatoms. The predicted octanol–water partition coefficient (Wildman–Crippen LogP) is 3.26. The Hall–Kier alpha value is -4.59. The first-order chi connectivity index (χ1) is 20.3. The number of hydrogen-bond acceptors (Lipinski definition) is 3. The minimum atomic E-state index is -6.29. The highest BCUT2D eigenvalue weighted by Crippen LogP contribution is 2.37. The van der Waals surface area contributed by atoms with Gasteiger partial charge in [0.2, 0.25) is 0 Å². The second-order valence-electron chi connectivity index (χ2n) is 8.68. The van der Waals surface area contributed by atoms with Crippen LogP contribution in [0.15, 0.2) is 34.2 Å². The first-order valence-electron chi connectivity index (χ1n) is 10.8. The maximum atomic E-state index is 15.3. The summed E-state index contributed by atoms with van der Waals surface area (Å²) in [6.07, 6.45) is -18.9. The van der Waals surface area contributed by atoms with Crippen molar-refractivity contribution in [3.63, 3.8) is 0 Å². The van der Waals surface area contributed by atoms with E-state index in [9.17, 15) is 67.1 Å². The van der Waals surface area contributed by atoms with E-state index in [0.29, 0.717) is 0 Å². The molecular weight excluding hydrogens is 678 g/mol. The Kier molecular flexibility index (Phi) is 7.37. The van der Waals surface area contributed by atoms with Crippen LogP contribution >= 0.6 is 0 Å². The molecule has 0 N–H and O–H groups in total. The van der Waals surface area contributed by atoms with E-state index in [4.69, 9.17) is 0 Å². The van der Waals surface area contributed by atoms with E-state index >= 15 is 26.3 Å². The number of fused-ring (bicyclic) bond motifs is 6. The number of halogens is 18. The van der Waals surface area contributed by atoms with Crippen molar-refractivity contribution in [2.45, 2.75) is 18.5 Å². The van der Waals surface area contributed by atoms with Gasteiger partial charge in [-0.3, -0.25) is 14.4 Å². The summed E-state index contributed by atoms with van der Waals surface area (Å²) in [4.78, 5) is 33.9. The monoisotopic (exact) mass is 678 g/mol. The second kappa shape index (κ2) is 9.96. The number of Topliss-reactive ketones (excluding diaryl/α,β-unsaturated/α-hetero) is 3. The van der Waals surface area contributed by atoms with Gasteiger partial charge in [0.15, 0.2) is 17.5 Å². The topological polar surface area (TPSA) is 51.2 Å².